The van der Waals surface area contributed by atoms with Crippen molar-refractivity contribution in [1.29, 1.82) is 0 Å². The Bertz CT molecular complexity index is 907. The molecule has 3 fully saturated rings. The van der Waals surface area contributed by atoms with Crippen LogP contribution >= 0.6 is 0 Å². The van der Waals surface area contributed by atoms with Crippen molar-refractivity contribution >= 4 is 5.91 Å². The number of hydrogen-bond donors (Lipinski definition) is 0. The molecule has 168 valence electrons. The zero-order valence-electron chi connectivity index (χ0n) is 18.8. The average molecular weight is 427 g/mol. The highest BCUT2D eigenvalue weighted by molar-refractivity contribution is 5.94. The van der Waals surface area contributed by atoms with Crippen molar-refractivity contribution in [1.82, 2.24) is 29.8 Å². The van der Waals surface area contributed by atoms with E-state index in [2.05, 4.69) is 20.2 Å². The van der Waals surface area contributed by atoms with Gasteiger partial charge in [0, 0.05) is 45.2 Å². The maximum Gasteiger partial charge on any atom is 0.257 e. The number of amides is 1. The number of aryl methyl sites for hydroxylation is 2. The highest BCUT2D eigenvalue weighted by Crippen LogP contribution is 2.50. The van der Waals surface area contributed by atoms with E-state index >= 15 is 0 Å². The molecule has 1 amide bonds. The Hall–Kier alpha value is -2.22. The number of piperidine rings is 1. The minimum Gasteiger partial charge on any atom is -0.425 e. The molecule has 1 saturated carbocycles. The van der Waals surface area contributed by atoms with Gasteiger partial charge in [-0.15, -0.1) is 10.2 Å². The molecule has 2 aromatic rings. The Balaban J connectivity index is 1.32. The second-order valence-electron chi connectivity index (χ2n) is 9.97. The molecule has 8 heteroatoms. The van der Waals surface area contributed by atoms with Crippen LogP contribution in [0.4, 0.5) is 0 Å². The lowest BCUT2D eigenvalue weighted by atomic mass is 9.70. The van der Waals surface area contributed by atoms with E-state index in [0.29, 0.717) is 23.9 Å². The lowest BCUT2D eigenvalue weighted by molar-refractivity contribution is 0.0650. The van der Waals surface area contributed by atoms with E-state index in [1.54, 1.807) is 17.1 Å². The molecule has 31 heavy (non-hydrogen) atoms. The van der Waals surface area contributed by atoms with Gasteiger partial charge >= 0.3 is 0 Å². The minimum absolute atomic E-state index is 0.0138. The molecule has 2 aliphatic heterocycles. The van der Waals surface area contributed by atoms with Gasteiger partial charge in [0.15, 0.2) is 0 Å². The summed E-state index contributed by atoms with van der Waals surface area (Å²) in [6.07, 6.45) is 12.6. The van der Waals surface area contributed by atoms with Crippen molar-refractivity contribution in [3.63, 3.8) is 0 Å². The molecular formula is C23H34N6O2. The van der Waals surface area contributed by atoms with E-state index in [4.69, 9.17) is 4.42 Å². The van der Waals surface area contributed by atoms with Gasteiger partial charge in [0.1, 0.15) is 0 Å². The first-order valence-corrected chi connectivity index (χ1v) is 11.8. The molecule has 0 bridgehead atoms. The Morgan fingerprint density at radius 1 is 1.19 bits per heavy atom. The summed E-state index contributed by atoms with van der Waals surface area (Å²) in [4.78, 5) is 17.8. The lowest BCUT2D eigenvalue weighted by Crippen LogP contribution is -2.45. The molecule has 4 heterocycles. The normalized spacial score (nSPS) is 24.8. The standard InChI is InChI=1S/C23H34N6O2/c1-17-25-26-21(31-17)20-15-29(22(30)19-12-24-27(2)14-19)16-23(20)8-10-28(11-9-23)13-18-6-4-3-5-7-18/h12,14,18,20H,3-11,13,15-16H2,1-2H3. The average Bonchev–Trinajstić information content (AvgIpc) is 3.49. The number of aromatic nitrogens is 4. The van der Waals surface area contributed by atoms with E-state index in [-0.39, 0.29) is 17.2 Å². The van der Waals surface area contributed by atoms with Gasteiger partial charge < -0.3 is 14.2 Å². The van der Waals surface area contributed by atoms with Crippen LogP contribution in [-0.2, 0) is 7.05 Å². The molecule has 0 aromatic carbocycles. The summed E-state index contributed by atoms with van der Waals surface area (Å²) in [7, 11) is 1.84. The molecule has 8 nitrogen and oxygen atoms in total. The molecule has 1 spiro atoms. The van der Waals surface area contributed by atoms with Crippen molar-refractivity contribution in [3.05, 3.63) is 29.7 Å². The smallest absolute Gasteiger partial charge is 0.257 e. The molecule has 1 aliphatic carbocycles. The molecule has 3 aliphatic rings. The van der Waals surface area contributed by atoms with E-state index in [1.807, 2.05) is 18.9 Å². The van der Waals surface area contributed by atoms with Crippen LogP contribution in [0.3, 0.4) is 0 Å². The zero-order chi connectivity index (χ0) is 21.4. The summed E-state index contributed by atoms with van der Waals surface area (Å²) in [5, 5.41) is 12.6. The van der Waals surface area contributed by atoms with Gasteiger partial charge in [-0.25, -0.2) is 0 Å². The Labute approximate surface area is 184 Å². The maximum absolute atomic E-state index is 13.2. The quantitative estimate of drug-likeness (QED) is 0.748. The van der Waals surface area contributed by atoms with Crippen molar-refractivity contribution in [2.45, 2.75) is 57.8 Å². The number of carbonyl (C=O) groups excluding carboxylic acids is 1. The topological polar surface area (TPSA) is 80.3 Å². The van der Waals surface area contributed by atoms with Gasteiger partial charge in [-0.3, -0.25) is 9.48 Å². The Kier molecular flexibility index (Phi) is 5.58. The largest absolute Gasteiger partial charge is 0.425 e. The first kappa shape index (κ1) is 20.7. The fraction of sp³-hybridized carbons (Fsp3) is 0.739. The summed E-state index contributed by atoms with van der Waals surface area (Å²) >= 11 is 0. The first-order valence-electron chi connectivity index (χ1n) is 11.8. The fourth-order valence-corrected chi connectivity index (χ4v) is 6.05. The van der Waals surface area contributed by atoms with Crippen molar-refractivity contribution < 1.29 is 9.21 Å². The molecule has 5 rings (SSSR count). The summed E-state index contributed by atoms with van der Waals surface area (Å²) in [6, 6.07) is 0. The predicted molar refractivity (Wildman–Crippen MR) is 116 cm³/mol. The fourth-order valence-electron chi connectivity index (χ4n) is 6.05. The van der Waals surface area contributed by atoms with Crippen LogP contribution in [0.15, 0.2) is 16.8 Å². The third-order valence-corrected chi connectivity index (χ3v) is 7.82. The van der Waals surface area contributed by atoms with Crippen LogP contribution in [-0.4, -0.2) is 68.4 Å². The first-order chi connectivity index (χ1) is 15.0. The van der Waals surface area contributed by atoms with Gasteiger partial charge in [-0.2, -0.15) is 5.10 Å². The third kappa shape index (κ3) is 4.14. The highest BCUT2D eigenvalue weighted by atomic mass is 16.4. The summed E-state index contributed by atoms with van der Waals surface area (Å²) in [6.45, 7) is 6.65. The van der Waals surface area contributed by atoms with Gasteiger partial charge in [-0.05, 0) is 44.7 Å². The molecule has 2 aromatic heterocycles. The summed E-state index contributed by atoms with van der Waals surface area (Å²) in [5.74, 6) is 2.31. The van der Waals surface area contributed by atoms with Gasteiger partial charge in [0.25, 0.3) is 5.91 Å². The minimum atomic E-state index is 0.0138. The second-order valence-corrected chi connectivity index (χ2v) is 9.97. The van der Waals surface area contributed by atoms with Crippen LogP contribution in [0.5, 0.6) is 0 Å². The van der Waals surface area contributed by atoms with Crippen molar-refractivity contribution in [2.75, 3.05) is 32.7 Å². The van der Waals surface area contributed by atoms with E-state index in [0.717, 1.165) is 38.4 Å². The Morgan fingerprint density at radius 2 is 1.97 bits per heavy atom. The number of rotatable bonds is 4. The number of carbonyl (C=O) groups is 1. The van der Waals surface area contributed by atoms with Crippen LogP contribution in [0, 0.1) is 18.3 Å². The lowest BCUT2D eigenvalue weighted by Gasteiger charge is -2.42. The van der Waals surface area contributed by atoms with Crippen LogP contribution in [0.1, 0.15) is 73.0 Å². The number of hydrogen-bond acceptors (Lipinski definition) is 6. The molecule has 2 saturated heterocycles. The van der Waals surface area contributed by atoms with Gasteiger partial charge in [0.2, 0.25) is 11.8 Å². The van der Waals surface area contributed by atoms with E-state index < -0.39 is 0 Å². The zero-order valence-corrected chi connectivity index (χ0v) is 18.8. The highest BCUT2D eigenvalue weighted by Gasteiger charge is 2.52. The van der Waals surface area contributed by atoms with Crippen LogP contribution in [0.2, 0.25) is 0 Å². The van der Waals surface area contributed by atoms with Crippen molar-refractivity contribution in [3.8, 4) is 0 Å². The maximum atomic E-state index is 13.2. The van der Waals surface area contributed by atoms with E-state index in [9.17, 15) is 4.79 Å². The molecule has 0 N–H and O–H groups in total. The molecule has 0 radical (unpaired) electrons. The number of nitrogens with zero attached hydrogens (tertiary/aromatic N) is 6. The van der Waals surface area contributed by atoms with Gasteiger partial charge in [-0.1, -0.05) is 19.3 Å². The molecule has 1 atom stereocenters. The van der Waals surface area contributed by atoms with Crippen LogP contribution in [0.25, 0.3) is 0 Å². The van der Waals surface area contributed by atoms with Gasteiger partial charge in [0.05, 0.1) is 17.7 Å². The third-order valence-electron chi connectivity index (χ3n) is 7.82. The monoisotopic (exact) mass is 426 g/mol. The Morgan fingerprint density at radius 3 is 2.61 bits per heavy atom. The van der Waals surface area contributed by atoms with Crippen molar-refractivity contribution in [2.24, 2.45) is 18.4 Å². The summed E-state index contributed by atoms with van der Waals surface area (Å²) < 4.78 is 7.57. The predicted octanol–water partition coefficient (Wildman–Crippen LogP) is 3.01. The molecular weight excluding hydrogens is 392 g/mol. The SMILES string of the molecule is Cc1nnc(C2CN(C(=O)c3cnn(C)c3)CC23CCN(CC2CCCCC2)CC3)o1. The molecule has 1 unspecified atom stereocenters. The second kappa shape index (κ2) is 8.37. The summed E-state index contributed by atoms with van der Waals surface area (Å²) in [5.41, 5.74) is 0.662. The van der Waals surface area contributed by atoms with E-state index in [1.165, 1.54) is 38.6 Å². The van der Waals surface area contributed by atoms with Crippen LogP contribution < -0.4 is 0 Å². The number of likely N-dealkylation sites (tertiary alicyclic amines) is 2.